The number of rotatable bonds is 52. The van der Waals surface area contributed by atoms with Crippen LogP contribution in [0.5, 0.6) is 0 Å². The van der Waals surface area contributed by atoms with Crippen LogP contribution in [0.1, 0.15) is 245 Å². The van der Waals surface area contributed by atoms with Gasteiger partial charge in [-0.15, -0.1) is 0 Å². The molecule has 0 bridgehead atoms. The van der Waals surface area contributed by atoms with Crippen LogP contribution in [0.4, 0.5) is 0 Å². The average molecular weight is 1290 g/mol. The zero-order chi connectivity index (χ0) is 66.1. The number of carboxylic acid groups (broad SMARTS) is 1. The third-order valence-electron chi connectivity index (χ3n) is 17.7. The van der Waals surface area contributed by atoms with E-state index in [2.05, 4.69) is 48.8 Å². The molecule has 0 spiro atoms. The van der Waals surface area contributed by atoms with Crippen LogP contribution < -0.4 is 10.6 Å². The first-order valence-corrected chi connectivity index (χ1v) is 34.7. The lowest BCUT2D eigenvalue weighted by molar-refractivity contribution is -0.386. The fourth-order valence-electron chi connectivity index (χ4n) is 12.1. The Morgan fingerprint density at radius 2 is 1.07 bits per heavy atom. The Morgan fingerprint density at radius 1 is 0.578 bits per heavy atom. The molecule has 3 aliphatic heterocycles. The molecule has 0 radical (unpaired) electrons. The molecule has 0 aromatic carbocycles. The van der Waals surface area contributed by atoms with E-state index in [0.717, 1.165) is 71.1 Å². The summed E-state index contributed by atoms with van der Waals surface area (Å²) in [6, 6.07) is -2.53. The van der Waals surface area contributed by atoms with Crippen molar-refractivity contribution in [3.63, 3.8) is 0 Å². The molecule has 3 fully saturated rings. The molecule has 0 saturated carbocycles. The number of aliphatic hydroxyl groups is 11. The molecule has 0 aliphatic carbocycles. The fourth-order valence-corrected chi connectivity index (χ4v) is 12.1. The number of carboxylic acids is 1. The minimum Gasteiger partial charge on any atom is -0.477 e. The van der Waals surface area contributed by atoms with E-state index in [1.807, 2.05) is 0 Å². The summed E-state index contributed by atoms with van der Waals surface area (Å²) in [5.74, 6) is -6.11. The van der Waals surface area contributed by atoms with Crippen LogP contribution in [0.25, 0.3) is 0 Å². The van der Waals surface area contributed by atoms with Crippen molar-refractivity contribution in [3.8, 4) is 0 Å². The number of allylic oxidation sites excluding steroid dienone is 4. The number of carbonyl (C=O) groups excluding carboxylic acids is 2. The second kappa shape index (κ2) is 48.0. The van der Waals surface area contributed by atoms with Crippen molar-refractivity contribution < 1.29 is 104 Å². The first-order chi connectivity index (χ1) is 43.4. The summed E-state index contributed by atoms with van der Waals surface area (Å²) in [6.45, 7) is 2.18. The van der Waals surface area contributed by atoms with Gasteiger partial charge in [-0.1, -0.05) is 205 Å². The lowest BCUT2D eigenvalue weighted by Crippen LogP contribution is -2.70. The van der Waals surface area contributed by atoms with Crippen molar-refractivity contribution in [3.05, 3.63) is 24.3 Å². The van der Waals surface area contributed by atoms with Crippen LogP contribution in [0, 0.1) is 0 Å². The molecule has 0 aromatic rings. The number of nitrogens with one attached hydrogen (secondary N) is 2. The number of aliphatic hydroxyl groups excluding tert-OH is 11. The first kappa shape index (κ1) is 81.4. The van der Waals surface area contributed by atoms with Crippen LogP contribution in [-0.2, 0) is 42.8 Å². The number of hydrogen-bond donors (Lipinski definition) is 14. The summed E-state index contributed by atoms with van der Waals surface area (Å²) in [4.78, 5) is 38.5. The molecular formula is C67H122N2O21. The summed E-state index contributed by atoms with van der Waals surface area (Å²) >= 11 is 0. The summed E-state index contributed by atoms with van der Waals surface area (Å²) in [5.41, 5.74) is 0. The maximum atomic E-state index is 13.4. The molecular weight excluding hydrogens is 1170 g/mol. The number of amides is 2. The van der Waals surface area contributed by atoms with Crippen LogP contribution in [-0.4, -0.2) is 215 Å². The van der Waals surface area contributed by atoms with Gasteiger partial charge >= 0.3 is 5.97 Å². The Morgan fingerprint density at radius 3 is 1.56 bits per heavy atom. The Balaban J connectivity index is 1.55. The molecule has 3 aliphatic rings. The monoisotopic (exact) mass is 1290 g/mol. The SMILES string of the molecule is CCCCCCCCCCC/C=C\C/C=C\CCCCCCCCCCCC(=O)NC(COC1OC(CO)C(OC2OC(CO)C(O)C(OC3(C(=O)O)CC(O)C(NC(C)=O)C(C(O)C(O)CO)O3)C2O)C(O)C1O)C(O)CCCCCCCCCCCCC. The first-order valence-electron chi connectivity index (χ1n) is 34.7. The predicted octanol–water partition coefficient (Wildman–Crippen LogP) is 6.06. The quantitative estimate of drug-likeness (QED) is 0.0243. The van der Waals surface area contributed by atoms with Gasteiger partial charge in [-0.25, -0.2) is 4.79 Å². The predicted molar refractivity (Wildman–Crippen MR) is 338 cm³/mol. The van der Waals surface area contributed by atoms with E-state index in [1.165, 1.54) is 128 Å². The maximum absolute atomic E-state index is 13.4. The maximum Gasteiger partial charge on any atom is 0.364 e. The summed E-state index contributed by atoms with van der Waals surface area (Å²) < 4.78 is 34.8. The third-order valence-corrected chi connectivity index (χ3v) is 17.7. The average Bonchev–Trinajstić information content (AvgIpc) is 0.857. The van der Waals surface area contributed by atoms with Gasteiger partial charge in [0.1, 0.15) is 67.1 Å². The van der Waals surface area contributed by atoms with Gasteiger partial charge in [-0.3, -0.25) is 9.59 Å². The third kappa shape index (κ3) is 30.3. The highest BCUT2D eigenvalue weighted by atomic mass is 16.8. The topological polar surface area (TPSA) is 373 Å². The Labute approximate surface area is 536 Å². The van der Waals surface area contributed by atoms with Gasteiger partial charge in [0, 0.05) is 19.8 Å². The van der Waals surface area contributed by atoms with Gasteiger partial charge < -0.3 is 100 Å². The highest BCUT2D eigenvalue weighted by Gasteiger charge is 2.60. The minimum atomic E-state index is -3.08. The van der Waals surface area contributed by atoms with Crippen LogP contribution in [0.15, 0.2) is 24.3 Å². The second-order valence-electron chi connectivity index (χ2n) is 25.4. The number of ether oxygens (including phenoxy) is 6. The standard InChI is InChI=1S/C67H122N2O21/c1-4-6-8-10-12-14-16-17-18-19-20-21-22-23-24-25-26-27-28-29-31-33-35-37-39-41-54(77)69-48(49(74)40-38-36-34-32-30-15-13-11-9-7-5-2)46-85-64-59(81)58(80)61(53(45-72)87-64)88-65-60(82)63(57(79)52(44-71)86-65)90-67(66(83)84)42-50(75)55(68-47(3)73)62(89-67)56(78)51(76)43-70/h20-21,23-24,48-53,55-65,70-72,74-76,78-82H,4-19,22,25-46H2,1-3H3,(H,68,73)(H,69,77)(H,83,84)/b21-20-,24-23-. The molecule has 2 amide bonds. The van der Waals surface area contributed by atoms with E-state index in [-0.39, 0.29) is 18.9 Å². The molecule has 90 heavy (non-hydrogen) atoms. The zero-order valence-corrected chi connectivity index (χ0v) is 54.7. The molecule has 23 heteroatoms. The number of aliphatic carboxylic acids is 1. The van der Waals surface area contributed by atoms with E-state index in [4.69, 9.17) is 28.4 Å². The van der Waals surface area contributed by atoms with Crippen molar-refractivity contribution in [1.29, 1.82) is 0 Å². The van der Waals surface area contributed by atoms with Crippen molar-refractivity contribution in [1.82, 2.24) is 10.6 Å². The van der Waals surface area contributed by atoms with Gasteiger partial charge in [0.05, 0.1) is 50.7 Å². The second-order valence-corrected chi connectivity index (χ2v) is 25.4. The Kier molecular flexibility index (Phi) is 43.4. The van der Waals surface area contributed by atoms with Crippen molar-refractivity contribution >= 4 is 17.8 Å². The van der Waals surface area contributed by atoms with Crippen LogP contribution in [0.3, 0.4) is 0 Å². The molecule has 3 heterocycles. The molecule has 526 valence electrons. The highest BCUT2D eigenvalue weighted by molar-refractivity contribution is 5.77. The van der Waals surface area contributed by atoms with Crippen LogP contribution in [0.2, 0.25) is 0 Å². The number of carbonyl (C=O) groups is 3. The molecule has 3 rings (SSSR count). The molecule has 14 N–H and O–H groups in total. The smallest absolute Gasteiger partial charge is 0.364 e. The van der Waals surface area contributed by atoms with Gasteiger partial charge in [0.2, 0.25) is 11.8 Å². The van der Waals surface area contributed by atoms with E-state index >= 15 is 0 Å². The molecule has 0 aromatic heterocycles. The summed E-state index contributed by atoms with van der Waals surface area (Å²) in [7, 11) is 0. The van der Waals surface area contributed by atoms with E-state index < -0.39 is 148 Å². The fraction of sp³-hybridized carbons (Fsp3) is 0.896. The lowest BCUT2D eigenvalue weighted by Gasteiger charge is -2.50. The molecule has 23 nitrogen and oxygen atoms in total. The zero-order valence-electron chi connectivity index (χ0n) is 54.7. The Bertz CT molecular complexity index is 1920. The van der Waals surface area contributed by atoms with E-state index in [1.54, 1.807) is 0 Å². The number of unbranched alkanes of at least 4 members (excludes halogenated alkanes) is 28. The van der Waals surface area contributed by atoms with Crippen molar-refractivity contribution in [2.24, 2.45) is 0 Å². The summed E-state index contributed by atoms with van der Waals surface area (Å²) in [6.07, 6.45) is 17.7. The molecule has 18 atom stereocenters. The van der Waals surface area contributed by atoms with Crippen molar-refractivity contribution in [2.45, 2.75) is 355 Å². The van der Waals surface area contributed by atoms with Gasteiger partial charge in [-0.2, -0.15) is 0 Å². The van der Waals surface area contributed by atoms with E-state index in [9.17, 15) is 75.7 Å². The minimum absolute atomic E-state index is 0.218. The van der Waals surface area contributed by atoms with Gasteiger partial charge in [-0.05, 0) is 44.9 Å². The highest BCUT2D eigenvalue weighted by Crippen LogP contribution is 2.39. The largest absolute Gasteiger partial charge is 0.477 e. The summed E-state index contributed by atoms with van der Waals surface area (Å²) in [5, 5.41) is 136. The number of hydrogen-bond acceptors (Lipinski definition) is 20. The van der Waals surface area contributed by atoms with E-state index in [0.29, 0.717) is 19.3 Å². The van der Waals surface area contributed by atoms with Crippen molar-refractivity contribution in [2.75, 3.05) is 26.4 Å². The molecule has 3 saturated heterocycles. The lowest BCUT2D eigenvalue weighted by atomic mass is 9.88. The van der Waals surface area contributed by atoms with Gasteiger partial charge in [0.25, 0.3) is 5.79 Å². The normalized spacial score (nSPS) is 28.7. The Hall–Kier alpha value is -2.79. The van der Waals surface area contributed by atoms with Gasteiger partial charge in [0.15, 0.2) is 12.6 Å². The van der Waals surface area contributed by atoms with Crippen LogP contribution >= 0.6 is 0 Å². The molecule has 18 unspecified atom stereocenters.